The number of nitrogens with zero attached hydrogens (tertiary/aromatic N) is 1. The molecule has 0 atom stereocenters. The largest absolute Gasteiger partial charge is 0.494 e. The Morgan fingerprint density at radius 3 is 2.89 bits per heavy atom. The first-order valence-corrected chi connectivity index (χ1v) is 9.55. The summed E-state index contributed by atoms with van der Waals surface area (Å²) in [5.41, 5.74) is 1.85. The molecule has 0 aliphatic rings. The zero-order valence-electron chi connectivity index (χ0n) is 14.8. The third kappa shape index (κ3) is 3.83. The monoisotopic (exact) mass is 374 g/mol. The van der Waals surface area contributed by atoms with E-state index in [4.69, 9.17) is 4.74 Å². The molecular formula is C22H18N2O2S. The van der Waals surface area contributed by atoms with E-state index in [0.717, 1.165) is 32.3 Å². The van der Waals surface area contributed by atoms with Crippen LogP contribution in [0.4, 0.5) is 5.13 Å². The molecule has 134 valence electrons. The number of nitrogens with one attached hydrogen (secondary N) is 1. The Hall–Kier alpha value is -3.18. The molecule has 0 aliphatic heterocycles. The standard InChI is InChI=1S/C22H18N2O2S/c1-2-26-17-11-12-19-20(14-17)27-22(23-19)24-21(25)13-10-16-8-5-7-15-6-3-4-9-18(15)16/h3-14H,2H2,1H3,(H,23,24,25). The van der Waals surface area contributed by atoms with Crippen LogP contribution in [0, 0.1) is 0 Å². The molecule has 5 heteroatoms. The van der Waals surface area contributed by atoms with Crippen molar-refractivity contribution in [3.8, 4) is 5.75 Å². The van der Waals surface area contributed by atoms with Gasteiger partial charge < -0.3 is 4.74 Å². The molecule has 4 rings (SSSR count). The van der Waals surface area contributed by atoms with Crippen molar-refractivity contribution in [3.63, 3.8) is 0 Å². The molecule has 0 spiro atoms. The quantitative estimate of drug-likeness (QED) is 0.469. The molecule has 0 fully saturated rings. The van der Waals surface area contributed by atoms with Crippen LogP contribution >= 0.6 is 11.3 Å². The molecule has 3 aromatic carbocycles. The summed E-state index contributed by atoms with van der Waals surface area (Å²) in [5.74, 6) is 0.606. The number of benzene rings is 3. The number of fused-ring (bicyclic) bond motifs is 2. The van der Waals surface area contributed by atoms with E-state index in [-0.39, 0.29) is 5.91 Å². The first-order valence-electron chi connectivity index (χ1n) is 8.73. The molecule has 27 heavy (non-hydrogen) atoms. The maximum atomic E-state index is 12.3. The molecule has 1 aromatic heterocycles. The first-order chi connectivity index (χ1) is 13.2. The van der Waals surface area contributed by atoms with E-state index < -0.39 is 0 Å². The molecule has 0 radical (unpaired) electrons. The van der Waals surface area contributed by atoms with Gasteiger partial charge in [-0.25, -0.2) is 4.98 Å². The van der Waals surface area contributed by atoms with Crippen molar-refractivity contribution in [1.82, 2.24) is 4.98 Å². The van der Waals surface area contributed by atoms with Gasteiger partial charge >= 0.3 is 0 Å². The highest BCUT2D eigenvalue weighted by atomic mass is 32.1. The molecule has 1 N–H and O–H groups in total. The number of hydrogen-bond donors (Lipinski definition) is 1. The molecule has 0 unspecified atom stereocenters. The summed E-state index contributed by atoms with van der Waals surface area (Å²) in [4.78, 5) is 16.8. The molecule has 0 saturated carbocycles. The van der Waals surface area contributed by atoms with Crippen LogP contribution in [0.25, 0.3) is 27.1 Å². The fraction of sp³-hybridized carbons (Fsp3) is 0.0909. The lowest BCUT2D eigenvalue weighted by atomic mass is 10.0. The molecule has 0 saturated heterocycles. The second-order valence-corrected chi connectivity index (χ2v) is 7.00. The highest BCUT2D eigenvalue weighted by Gasteiger charge is 2.07. The predicted molar refractivity (Wildman–Crippen MR) is 112 cm³/mol. The van der Waals surface area contributed by atoms with Gasteiger partial charge in [-0.15, -0.1) is 0 Å². The Morgan fingerprint density at radius 2 is 2.00 bits per heavy atom. The van der Waals surface area contributed by atoms with Crippen molar-refractivity contribution in [2.24, 2.45) is 0 Å². The number of thiazole rings is 1. The third-order valence-electron chi connectivity index (χ3n) is 4.14. The molecule has 0 bridgehead atoms. The van der Waals surface area contributed by atoms with Gasteiger partial charge in [-0.1, -0.05) is 53.8 Å². The lowest BCUT2D eigenvalue weighted by Gasteiger charge is -2.01. The van der Waals surface area contributed by atoms with Gasteiger partial charge in [-0.2, -0.15) is 0 Å². The van der Waals surface area contributed by atoms with E-state index in [2.05, 4.69) is 28.5 Å². The highest BCUT2D eigenvalue weighted by Crippen LogP contribution is 2.29. The average Bonchev–Trinajstić information content (AvgIpc) is 3.08. The van der Waals surface area contributed by atoms with Crippen molar-refractivity contribution >= 4 is 49.4 Å². The molecule has 0 aliphatic carbocycles. The van der Waals surface area contributed by atoms with Crippen molar-refractivity contribution in [2.45, 2.75) is 6.92 Å². The fourth-order valence-electron chi connectivity index (χ4n) is 2.92. The Bertz CT molecular complexity index is 1140. The van der Waals surface area contributed by atoms with E-state index >= 15 is 0 Å². The molecule has 4 nitrogen and oxygen atoms in total. The molecular weight excluding hydrogens is 356 g/mol. The molecule has 4 aromatic rings. The predicted octanol–water partition coefficient (Wildman–Crippen LogP) is 5.50. The summed E-state index contributed by atoms with van der Waals surface area (Å²) < 4.78 is 6.49. The number of aromatic nitrogens is 1. The number of hydrogen-bond acceptors (Lipinski definition) is 4. The van der Waals surface area contributed by atoms with Gasteiger partial charge in [0.2, 0.25) is 5.91 Å². The summed E-state index contributed by atoms with van der Waals surface area (Å²) in [5, 5.41) is 5.68. The normalized spacial score (nSPS) is 11.3. The van der Waals surface area contributed by atoms with Gasteiger partial charge in [0, 0.05) is 6.08 Å². The summed E-state index contributed by atoms with van der Waals surface area (Å²) in [7, 11) is 0. The topological polar surface area (TPSA) is 51.2 Å². The van der Waals surface area contributed by atoms with Crippen LogP contribution in [-0.2, 0) is 4.79 Å². The number of anilines is 1. The summed E-state index contributed by atoms with van der Waals surface area (Å²) in [6.07, 6.45) is 3.37. The van der Waals surface area contributed by atoms with Crippen LogP contribution < -0.4 is 10.1 Å². The van der Waals surface area contributed by atoms with Crippen molar-refractivity contribution in [1.29, 1.82) is 0 Å². The maximum Gasteiger partial charge on any atom is 0.250 e. The number of rotatable bonds is 5. The second-order valence-electron chi connectivity index (χ2n) is 5.97. The lowest BCUT2D eigenvalue weighted by Crippen LogP contribution is -2.07. The van der Waals surface area contributed by atoms with Crippen LogP contribution in [0.2, 0.25) is 0 Å². The Kier molecular flexibility index (Phi) is 4.85. The average molecular weight is 374 g/mol. The van der Waals surface area contributed by atoms with Gasteiger partial charge in [0.15, 0.2) is 5.13 Å². The van der Waals surface area contributed by atoms with Gasteiger partial charge in [-0.05, 0) is 47.5 Å². The van der Waals surface area contributed by atoms with Gasteiger partial charge in [0.05, 0.1) is 16.8 Å². The number of amides is 1. The SMILES string of the molecule is CCOc1ccc2nc(NC(=O)C=Cc3cccc4ccccc34)sc2c1. The summed E-state index contributed by atoms with van der Waals surface area (Å²) in [6.45, 7) is 2.57. The van der Waals surface area contributed by atoms with Crippen LogP contribution in [0.5, 0.6) is 5.75 Å². The van der Waals surface area contributed by atoms with Gasteiger partial charge in [-0.3, -0.25) is 10.1 Å². The van der Waals surface area contributed by atoms with Crippen LogP contribution in [0.1, 0.15) is 12.5 Å². The number of ether oxygens (including phenoxy) is 1. The van der Waals surface area contributed by atoms with Crippen molar-refractivity contribution in [3.05, 3.63) is 72.3 Å². The van der Waals surface area contributed by atoms with Crippen LogP contribution in [-0.4, -0.2) is 17.5 Å². The smallest absolute Gasteiger partial charge is 0.250 e. The number of carbonyl (C=O) groups is 1. The summed E-state index contributed by atoms with van der Waals surface area (Å²) in [6, 6.07) is 19.9. The maximum absolute atomic E-state index is 12.3. The van der Waals surface area contributed by atoms with Crippen LogP contribution in [0.3, 0.4) is 0 Å². The van der Waals surface area contributed by atoms with Crippen LogP contribution in [0.15, 0.2) is 66.7 Å². The second kappa shape index (κ2) is 7.60. The Labute approximate surface area is 161 Å². The lowest BCUT2D eigenvalue weighted by molar-refractivity contribution is -0.111. The minimum atomic E-state index is -0.202. The van der Waals surface area contributed by atoms with Crippen molar-refractivity contribution < 1.29 is 9.53 Å². The highest BCUT2D eigenvalue weighted by molar-refractivity contribution is 7.22. The zero-order chi connectivity index (χ0) is 18.6. The van der Waals surface area contributed by atoms with Gasteiger partial charge in [0.1, 0.15) is 5.75 Å². The van der Waals surface area contributed by atoms with E-state index in [0.29, 0.717) is 11.7 Å². The minimum Gasteiger partial charge on any atom is -0.494 e. The first kappa shape index (κ1) is 17.2. The summed E-state index contributed by atoms with van der Waals surface area (Å²) >= 11 is 1.43. The number of carbonyl (C=O) groups excluding carboxylic acids is 1. The van der Waals surface area contributed by atoms with E-state index in [1.165, 1.54) is 11.3 Å². The minimum absolute atomic E-state index is 0.202. The van der Waals surface area contributed by atoms with Crippen molar-refractivity contribution in [2.75, 3.05) is 11.9 Å². The van der Waals surface area contributed by atoms with E-state index in [9.17, 15) is 4.79 Å². The van der Waals surface area contributed by atoms with Gasteiger partial charge in [0.25, 0.3) is 0 Å². The zero-order valence-corrected chi connectivity index (χ0v) is 15.6. The van der Waals surface area contributed by atoms with E-state index in [1.807, 2.05) is 55.5 Å². The Balaban J connectivity index is 1.52. The molecule has 1 amide bonds. The van der Waals surface area contributed by atoms with E-state index in [1.54, 1.807) is 6.08 Å². The Morgan fingerprint density at radius 1 is 1.15 bits per heavy atom. The third-order valence-corrected chi connectivity index (χ3v) is 5.07. The molecule has 1 heterocycles. The fourth-order valence-corrected chi connectivity index (χ4v) is 3.82.